The first-order valence-corrected chi connectivity index (χ1v) is 11.1. The quantitative estimate of drug-likeness (QED) is 0.353. The lowest BCUT2D eigenvalue weighted by atomic mass is 10.0. The van der Waals surface area contributed by atoms with Crippen molar-refractivity contribution >= 4 is 51.4 Å². The lowest BCUT2D eigenvalue weighted by molar-refractivity contribution is -0.151. The molecule has 2 N–H and O–H groups in total. The van der Waals surface area contributed by atoms with Crippen LogP contribution in [0.15, 0.2) is 31.5 Å². The van der Waals surface area contributed by atoms with E-state index in [1.54, 1.807) is 0 Å². The lowest BCUT2D eigenvalue weighted by Gasteiger charge is -2.49. The van der Waals surface area contributed by atoms with Crippen LogP contribution in [-0.4, -0.2) is 66.7 Å². The number of aliphatic carboxylic acids is 1. The Morgan fingerprint density at radius 3 is 2.59 bits per heavy atom. The minimum Gasteiger partial charge on any atom is -0.477 e. The normalized spacial score (nSPS) is 20.9. The van der Waals surface area contributed by atoms with Crippen molar-refractivity contribution in [2.24, 2.45) is 7.05 Å². The van der Waals surface area contributed by atoms with Gasteiger partial charge in [0.05, 0.1) is 4.47 Å². The summed E-state index contributed by atoms with van der Waals surface area (Å²) < 4.78 is 6.86. The topological polar surface area (TPSA) is 157 Å². The molecule has 2 aliphatic rings. The van der Waals surface area contributed by atoms with Gasteiger partial charge >= 0.3 is 17.6 Å². The number of amides is 2. The maximum absolute atomic E-state index is 12.7. The predicted molar refractivity (Wildman–Crippen MR) is 115 cm³/mol. The Balaban J connectivity index is 1.79. The summed E-state index contributed by atoms with van der Waals surface area (Å²) in [5, 5.41) is 11.5. The molecule has 0 spiro atoms. The molecule has 2 amide bonds. The standard InChI is InChI=1S/C18H19BrN4O8S/c1-7(22-4-10(19)14(26)21(3)18(22)30)13(25)20-11-15(27)23-12(17(28)29)9(5-31-8(2)24)6-32-16(11)23/h4,7,11,16H,5-6H2,1-3H3,(H,20,25)(H,28,29)/t7?,11-,16-/m1/s1. The van der Waals surface area contributed by atoms with E-state index in [9.17, 15) is 33.9 Å². The van der Waals surface area contributed by atoms with E-state index in [1.165, 1.54) is 38.9 Å². The van der Waals surface area contributed by atoms with Gasteiger partial charge in [-0.15, -0.1) is 11.8 Å². The smallest absolute Gasteiger partial charge is 0.352 e. The number of hydrogen-bond acceptors (Lipinski definition) is 8. The van der Waals surface area contributed by atoms with E-state index >= 15 is 0 Å². The summed E-state index contributed by atoms with van der Waals surface area (Å²) in [6, 6.07) is -2.04. The van der Waals surface area contributed by atoms with Gasteiger partial charge in [-0.1, -0.05) is 0 Å². The number of β-lactam (4-membered cyclic amide) rings is 1. The minimum absolute atomic E-state index is 0.0875. The summed E-state index contributed by atoms with van der Waals surface area (Å²) in [6.07, 6.45) is 1.20. The van der Waals surface area contributed by atoms with Crippen molar-refractivity contribution in [3.8, 4) is 0 Å². The van der Waals surface area contributed by atoms with Crippen LogP contribution < -0.4 is 16.6 Å². The van der Waals surface area contributed by atoms with Gasteiger partial charge in [0.25, 0.3) is 11.5 Å². The summed E-state index contributed by atoms with van der Waals surface area (Å²) in [6.45, 7) is 2.37. The van der Waals surface area contributed by atoms with Crippen LogP contribution in [0.4, 0.5) is 0 Å². The van der Waals surface area contributed by atoms with Crippen LogP contribution in [-0.2, 0) is 31.0 Å². The minimum atomic E-state index is -1.34. The number of rotatable bonds is 6. The van der Waals surface area contributed by atoms with E-state index in [4.69, 9.17) is 4.74 Å². The number of carbonyl (C=O) groups is 4. The number of esters is 1. The van der Waals surface area contributed by atoms with Gasteiger partial charge in [0.2, 0.25) is 5.91 Å². The SMILES string of the molecule is CC(=O)OCC1=C(C(=O)O)N2C(=O)[C@@H](NC(=O)C(C)n3cc(Br)c(=O)n(C)c3=O)[C@H]2SC1. The van der Waals surface area contributed by atoms with Crippen LogP contribution in [0.1, 0.15) is 19.9 Å². The van der Waals surface area contributed by atoms with Crippen molar-refractivity contribution in [1.29, 1.82) is 0 Å². The molecule has 14 heteroatoms. The molecular weight excluding hydrogens is 512 g/mol. The van der Waals surface area contributed by atoms with E-state index < -0.39 is 52.5 Å². The number of carboxylic acid groups (broad SMARTS) is 1. The number of nitrogens with zero attached hydrogens (tertiary/aromatic N) is 3. The second-order valence-corrected chi connectivity index (χ2v) is 9.10. The molecule has 0 radical (unpaired) electrons. The van der Waals surface area contributed by atoms with E-state index in [0.717, 1.165) is 14.0 Å². The maximum atomic E-state index is 12.7. The van der Waals surface area contributed by atoms with Crippen molar-refractivity contribution in [3.05, 3.63) is 42.8 Å². The van der Waals surface area contributed by atoms with Crippen molar-refractivity contribution in [2.75, 3.05) is 12.4 Å². The zero-order valence-electron chi connectivity index (χ0n) is 17.2. The summed E-state index contributed by atoms with van der Waals surface area (Å²) in [5.74, 6) is -3.01. The first kappa shape index (κ1) is 23.8. The third-order valence-electron chi connectivity index (χ3n) is 5.06. The van der Waals surface area contributed by atoms with Gasteiger partial charge in [0.15, 0.2) is 0 Å². The Morgan fingerprint density at radius 2 is 2.00 bits per heavy atom. The van der Waals surface area contributed by atoms with E-state index in [2.05, 4.69) is 21.2 Å². The molecule has 3 heterocycles. The number of hydrogen-bond donors (Lipinski definition) is 2. The molecule has 2 aliphatic heterocycles. The Kier molecular flexibility index (Phi) is 6.64. The van der Waals surface area contributed by atoms with Crippen LogP contribution >= 0.6 is 27.7 Å². The number of carbonyl (C=O) groups excluding carboxylic acids is 3. The van der Waals surface area contributed by atoms with Crippen molar-refractivity contribution in [1.82, 2.24) is 19.4 Å². The number of aromatic nitrogens is 2. The van der Waals surface area contributed by atoms with Crippen LogP contribution in [0.5, 0.6) is 0 Å². The molecule has 0 bridgehead atoms. The van der Waals surface area contributed by atoms with E-state index in [1.807, 2.05) is 0 Å². The largest absolute Gasteiger partial charge is 0.477 e. The van der Waals surface area contributed by atoms with Crippen LogP contribution in [0.3, 0.4) is 0 Å². The molecule has 172 valence electrons. The molecule has 3 rings (SSSR count). The number of carboxylic acids is 1. The highest BCUT2D eigenvalue weighted by atomic mass is 79.9. The van der Waals surface area contributed by atoms with Crippen LogP contribution in [0.25, 0.3) is 0 Å². The zero-order valence-corrected chi connectivity index (χ0v) is 19.6. The highest BCUT2D eigenvalue weighted by Crippen LogP contribution is 2.40. The van der Waals surface area contributed by atoms with Gasteiger partial charge in [0, 0.05) is 31.5 Å². The van der Waals surface area contributed by atoms with Crippen LogP contribution in [0, 0.1) is 0 Å². The molecule has 1 aromatic rings. The van der Waals surface area contributed by atoms with Crippen molar-refractivity contribution in [3.63, 3.8) is 0 Å². The molecule has 0 saturated carbocycles. The van der Waals surface area contributed by atoms with E-state index in [0.29, 0.717) is 0 Å². The molecule has 1 saturated heterocycles. The molecule has 12 nitrogen and oxygen atoms in total. The highest BCUT2D eigenvalue weighted by Gasteiger charge is 2.54. The molecule has 32 heavy (non-hydrogen) atoms. The average molecular weight is 531 g/mol. The van der Waals surface area contributed by atoms with Crippen molar-refractivity contribution in [2.45, 2.75) is 31.3 Å². The van der Waals surface area contributed by atoms with Crippen molar-refractivity contribution < 1.29 is 29.0 Å². The number of fused-ring (bicyclic) bond motifs is 1. The van der Waals surface area contributed by atoms with Gasteiger partial charge in [-0.2, -0.15) is 0 Å². The second kappa shape index (κ2) is 8.94. The highest BCUT2D eigenvalue weighted by molar-refractivity contribution is 9.10. The Labute approximate surface area is 193 Å². The van der Waals surface area contributed by atoms with E-state index in [-0.39, 0.29) is 28.1 Å². The molecule has 1 unspecified atom stereocenters. The average Bonchev–Trinajstić information content (AvgIpc) is 2.75. The maximum Gasteiger partial charge on any atom is 0.352 e. The number of ether oxygens (including phenoxy) is 1. The summed E-state index contributed by atoms with van der Waals surface area (Å²) in [7, 11) is 1.27. The number of thioether (sulfide) groups is 1. The second-order valence-electron chi connectivity index (χ2n) is 7.14. The summed E-state index contributed by atoms with van der Waals surface area (Å²) in [5.41, 5.74) is -1.25. The molecular formula is C18H19BrN4O8S. The zero-order chi connectivity index (χ0) is 23.9. The molecule has 1 aromatic heterocycles. The van der Waals surface area contributed by atoms with Gasteiger partial charge in [-0.25, -0.2) is 9.59 Å². The molecule has 1 fully saturated rings. The third kappa shape index (κ3) is 4.11. The fourth-order valence-electron chi connectivity index (χ4n) is 3.31. The van der Waals surface area contributed by atoms with Crippen LogP contribution in [0.2, 0.25) is 0 Å². The third-order valence-corrected chi connectivity index (χ3v) is 6.95. The lowest BCUT2D eigenvalue weighted by Crippen LogP contribution is -2.71. The molecule has 0 aromatic carbocycles. The first-order chi connectivity index (χ1) is 15.0. The summed E-state index contributed by atoms with van der Waals surface area (Å²) >= 11 is 4.27. The number of nitrogens with one attached hydrogen (secondary N) is 1. The summed E-state index contributed by atoms with van der Waals surface area (Å²) in [4.78, 5) is 73.5. The molecule has 3 atom stereocenters. The fraction of sp³-hybridized carbons (Fsp3) is 0.444. The Hall–Kier alpha value is -2.87. The Bertz CT molecular complexity index is 1170. The number of halogens is 1. The molecule has 0 aliphatic carbocycles. The fourth-order valence-corrected chi connectivity index (χ4v) is 5.13. The van der Waals surface area contributed by atoms with Gasteiger partial charge in [0.1, 0.15) is 29.8 Å². The predicted octanol–water partition coefficient (Wildman–Crippen LogP) is -0.828. The Morgan fingerprint density at radius 1 is 1.34 bits per heavy atom. The van der Waals surface area contributed by atoms with Gasteiger partial charge < -0.3 is 15.2 Å². The first-order valence-electron chi connectivity index (χ1n) is 9.27. The van der Waals surface area contributed by atoms with Gasteiger partial charge in [-0.3, -0.25) is 33.2 Å². The monoisotopic (exact) mass is 530 g/mol. The van der Waals surface area contributed by atoms with Gasteiger partial charge in [-0.05, 0) is 22.9 Å².